The first-order valence-corrected chi connectivity index (χ1v) is 8.58. The van der Waals surface area contributed by atoms with Crippen LogP contribution in [0.4, 0.5) is 5.82 Å². The first-order chi connectivity index (χ1) is 10.4. The van der Waals surface area contributed by atoms with Crippen LogP contribution < -0.4 is 4.31 Å². The molecule has 0 aliphatic rings. The second-order valence-electron chi connectivity index (χ2n) is 4.31. The minimum atomic E-state index is -3.81. The number of aromatic nitrogens is 1. The number of benzene rings is 1. The second-order valence-corrected chi connectivity index (χ2v) is 7.09. The number of carboxylic acids is 1. The van der Waals surface area contributed by atoms with Crippen molar-refractivity contribution >= 4 is 37.7 Å². The van der Waals surface area contributed by atoms with Gasteiger partial charge in [0.1, 0.15) is 5.82 Å². The lowest BCUT2D eigenvalue weighted by molar-refractivity contribution is 0.0690. The maximum atomic E-state index is 12.7. The number of hydrogen-bond donors (Lipinski definition) is 1. The zero-order chi connectivity index (χ0) is 16.3. The van der Waals surface area contributed by atoms with Crippen LogP contribution in [0.25, 0.3) is 0 Å². The predicted molar refractivity (Wildman–Crippen MR) is 85.5 cm³/mol. The van der Waals surface area contributed by atoms with Crippen LogP contribution in [0.15, 0.2) is 51.8 Å². The number of nitrogens with zero attached hydrogens (tertiary/aromatic N) is 2. The summed E-state index contributed by atoms with van der Waals surface area (Å²) >= 11 is 3.25. The first kappa shape index (κ1) is 16.4. The molecule has 0 aliphatic carbocycles. The number of pyridine rings is 1. The normalized spacial score (nSPS) is 11.2. The fraction of sp³-hybridized carbons (Fsp3) is 0.143. The highest BCUT2D eigenvalue weighted by molar-refractivity contribution is 9.10. The molecule has 0 unspecified atom stereocenters. The Hall–Kier alpha value is -1.93. The number of hydrogen-bond acceptors (Lipinski definition) is 4. The van der Waals surface area contributed by atoms with Crippen molar-refractivity contribution in [3.63, 3.8) is 0 Å². The van der Waals surface area contributed by atoms with Gasteiger partial charge >= 0.3 is 5.97 Å². The van der Waals surface area contributed by atoms with Gasteiger partial charge in [0.2, 0.25) is 0 Å². The fourth-order valence-electron chi connectivity index (χ4n) is 1.87. The van der Waals surface area contributed by atoms with Gasteiger partial charge in [-0.3, -0.25) is 4.31 Å². The van der Waals surface area contributed by atoms with E-state index in [2.05, 4.69) is 20.9 Å². The van der Waals surface area contributed by atoms with Crippen molar-refractivity contribution in [2.45, 2.75) is 11.8 Å². The number of anilines is 1. The van der Waals surface area contributed by atoms with Crippen LogP contribution in [0.5, 0.6) is 0 Å². The van der Waals surface area contributed by atoms with Gasteiger partial charge < -0.3 is 5.11 Å². The van der Waals surface area contributed by atoms with E-state index in [9.17, 15) is 13.2 Å². The van der Waals surface area contributed by atoms with Crippen LogP contribution in [-0.2, 0) is 10.0 Å². The molecule has 1 N–H and O–H groups in total. The Morgan fingerprint density at radius 3 is 2.41 bits per heavy atom. The molecule has 2 rings (SSSR count). The average Bonchev–Trinajstić information content (AvgIpc) is 2.48. The highest BCUT2D eigenvalue weighted by Gasteiger charge is 2.25. The summed E-state index contributed by atoms with van der Waals surface area (Å²) in [7, 11) is -3.81. The lowest BCUT2D eigenvalue weighted by Gasteiger charge is -2.22. The predicted octanol–water partition coefficient (Wildman–Crippen LogP) is 2.76. The Morgan fingerprint density at radius 1 is 1.23 bits per heavy atom. The zero-order valence-electron chi connectivity index (χ0n) is 11.6. The molecule has 6 nitrogen and oxygen atoms in total. The third-order valence-corrected chi connectivity index (χ3v) is 5.32. The van der Waals surface area contributed by atoms with E-state index >= 15 is 0 Å². The van der Waals surface area contributed by atoms with Crippen LogP contribution in [0, 0.1) is 0 Å². The van der Waals surface area contributed by atoms with Crippen LogP contribution >= 0.6 is 15.9 Å². The molecule has 2 aromatic rings. The monoisotopic (exact) mass is 384 g/mol. The van der Waals surface area contributed by atoms with E-state index in [4.69, 9.17) is 5.11 Å². The van der Waals surface area contributed by atoms with E-state index in [1.54, 1.807) is 19.1 Å². The number of aromatic carboxylic acids is 1. The van der Waals surface area contributed by atoms with Gasteiger partial charge in [-0.25, -0.2) is 18.2 Å². The molecule has 0 aliphatic heterocycles. The van der Waals surface area contributed by atoms with Crippen LogP contribution in [0.2, 0.25) is 0 Å². The Morgan fingerprint density at radius 2 is 1.86 bits per heavy atom. The standard InChI is InChI=1S/C14H13BrN2O4S/c1-2-17(13-5-3-4-12(16-13)14(18)19)22(20,21)11-8-6-10(15)7-9-11/h3-9H,2H2,1H3,(H,18,19). The quantitative estimate of drug-likeness (QED) is 0.855. The Labute approximate surface area is 136 Å². The molecule has 0 saturated heterocycles. The number of carboxylic acid groups (broad SMARTS) is 1. The number of carbonyl (C=O) groups is 1. The average molecular weight is 385 g/mol. The molecule has 0 fully saturated rings. The minimum absolute atomic E-state index is 0.0744. The van der Waals surface area contributed by atoms with Crippen molar-refractivity contribution < 1.29 is 18.3 Å². The van der Waals surface area contributed by atoms with Crippen molar-refractivity contribution in [3.8, 4) is 0 Å². The van der Waals surface area contributed by atoms with Gasteiger partial charge in [-0.05, 0) is 43.3 Å². The summed E-state index contributed by atoms with van der Waals surface area (Å²) in [4.78, 5) is 15.0. The Bertz CT molecular complexity index is 791. The lowest BCUT2D eigenvalue weighted by Crippen LogP contribution is -2.31. The topological polar surface area (TPSA) is 87.6 Å². The summed E-state index contributed by atoms with van der Waals surface area (Å²) < 4.78 is 27.2. The highest BCUT2D eigenvalue weighted by Crippen LogP contribution is 2.23. The van der Waals surface area contributed by atoms with E-state index in [1.807, 2.05) is 0 Å². The summed E-state index contributed by atoms with van der Waals surface area (Å²) in [6, 6.07) is 10.4. The highest BCUT2D eigenvalue weighted by atomic mass is 79.9. The van der Waals surface area contributed by atoms with Gasteiger partial charge in [-0.15, -0.1) is 0 Å². The van der Waals surface area contributed by atoms with Gasteiger partial charge in [0, 0.05) is 11.0 Å². The molecule has 0 radical (unpaired) electrons. The zero-order valence-corrected chi connectivity index (χ0v) is 14.0. The molecule has 0 bridgehead atoms. The van der Waals surface area contributed by atoms with Gasteiger partial charge in [-0.2, -0.15) is 0 Å². The smallest absolute Gasteiger partial charge is 0.354 e. The second kappa shape index (κ2) is 6.45. The third-order valence-electron chi connectivity index (χ3n) is 2.90. The summed E-state index contributed by atoms with van der Waals surface area (Å²) in [5.41, 5.74) is -0.207. The van der Waals surface area contributed by atoms with Crippen molar-refractivity contribution in [2.24, 2.45) is 0 Å². The van der Waals surface area contributed by atoms with Gasteiger partial charge in [0.05, 0.1) is 4.90 Å². The van der Waals surface area contributed by atoms with E-state index in [0.717, 1.165) is 8.78 Å². The molecule has 0 atom stereocenters. The number of rotatable bonds is 5. The molecular formula is C14H13BrN2O4S. The maximum Gasteiger partial charge on any atom is 0.354 e. The molecule has 116 valence electrons. The molecule has 1 heterocycles. The Balaban J connectivity index is 2.49. The molecule has 1 aromatic heterocycles. The largest absolute Gasteiger partial charge is 0.477 e. The van der Waals surface area contributed by atoms with Gasteiger partial charge in [0.15, 0.2) is 5.69 Å². The van der Waals surface area contributed by atoms with E-state index < -0.39 is 16.0 Å². The van der Waals surface area contributed by atoms with Crippen molar-refractivity contribution in [1.82, 2.24) is 4.98 Å². The summed E-state index contributed by atoms with van der Waals surface area (Å²) in [6.45, 7) is 1.79. The van der Waals surface area contributed by atoms with Crippen molar-refractivity contribution in [3.05, 3.63) is 52.6 Å². The van der Waals surface area contributed by atoms with E-state index in [-0.39, 0.29) is 23.0 Å². The lowest BCUT2D eigenvalue weighted by atomic mass is 10.3. The first-order valence-electron chi connectivity index (χ1n) is 6.35. The number of sulfonamides is 1. The minimum Gasteiger partial charge on any atom is -0.477 e. The SMILES string of the molecule is CCN(c1cccc(C(=O)O)n1)S(=O)(=O)c1ccc(Br)cc1. The van der Waals surface area contributed by atoms with E-state index in [1.165, 1.54) is 30.3 Å². The Kier molecular flexibility index (Phi) is 4.82. The molecule has 1 aromatic carbocycles. The summed E-state index contributed by atoms with van der Waals surface area (Å²) in [5, 5.41) is 8.98. The van der Waals surface area contributed by atoms with Gasteiger partial charge in [0.25, 0.3) is 10.0 Å². The summed E-state index contributed by atoms with van der Waals surface area (Å²) in [6.07, 6.45) is 0. The molecular weight excluding hydrogens is 372 g/mol. The van der Waals surface area contributed by atoms with Crippen molar-refractivity contribution in [1.29, 1.82) is 0 Å². The van der Waals surface area contributed by atoms with Gasteiger partial charge in [-0.1, -0.05) is 22.0 Å². The van der Waals surface area contributed by atoms with E-state index in [0.29, 0.717) is 0 Å². The van der Waals surface area contributed by atoms with Crippen LogP contribution in [-0.4, -0.2) is 31.0 Å². The molecule has 0 amide bonds. The third kappa shape index (κ3) is 3.28. The van der Waals surface area contributed by atoms with Crippen molar-refractivity contribution in [2.75, 3.05) is 10.8 Å². The fourth-order valence-corrected chi connectivity index (χ4v) is 3.56. The number of halogens is 1. The van der Waals surface area contributed by atoms with Crippen LogP contribution in [0.3, 0.4) is 0 Å². The molecule has 22 heavy (non-hydrogen) atoms. The van der Waals surface area contributed by atoms with Crippen LogP contribution in [0.1, 0.15) is 17.4 Å². The molecule has 8 heteroatoms. The molecule has 0 spiro atoms. The molecule has 0 saturated carbocycles. The maximum absolute atomic E-state index is 12.7. The summed E-state index contributed by atoms with van der Waals surface area (Å²) in [5.74, 6) is -1.13.